The highest BCUT2D eigenvalue weighted by atomic mass is 16.5. The summed E-state index contributed by atoms with van der Waals surface area (Å²) in [6, 6.07) is 15.3. The van der Waals surface area contributed by atoms with E-state index in [1.165, 1.54) is 20.3 Å². The molecule has 0 unspecified atom stereocenters. The number of ether oxygens (including phenoxy) is 2. The zero-order chi connectivity index (χ0) is 15.9. The van der Waals surface area contributed by atoms with Crippen molar-refractivity contribution in [3.63, 3.8) is 0 Å². The molecular weight excluding hydrogens is 276 g/mol. The summed E-state index contributed by atoms with van der Waals surface area (Å²) in [5.41, 5.74) is 2.04. The topological polar surface area (TPSA) is 66.0 Å². The summed E-state index contributed by atoms with van der Waals surface area (Å²) in [4.78, 5) is 0. The summed E-state index contributed by atoms with van der Waals surface area (Å²) in [5, 5.41) is 18.6. The third-order valence-corrected chi connectivity index (χ3v) is 3.18. The second-order valence-corrected chi connectivity index (χ2v) is 4.42. The lowest BCUT2D eigenvalue weighted by atomic mass is 9.99. The lowest BCUT2D eigenvalue weighted by Crippen LogP contribution is -1.98. The molecule has 108 valence electrons. The van der Waals surface area contributed by atoms with Crippen molar-refractivity contribution >= 4 is 12.2 Å². The molecule has 0 heterocycles. The van der Waals surface area contributed by atoms with Gasteiger partial charge >= 0.3 is 0 Å². The van der Waals surface area contributed by atoms with Gasteiger partial charge in [-0.15, -0.1) is 0 Å². The van der Waals surface area contributed by atoms with Gasteiger partial charge in [0.2, 0.25) is 0 Å². The molecule has 0 radical (unpaired) electrons. The maximum Gasteiger partial charge on any atom is 0.169 e. The number of benzene rings is 2. The predicted octanol–water partition coefficient (Wildman–Crippen LogP) is 3.62. The van der Waals surface area contributed by atoms with Crippen LogP contribution in [0.3, 0.4) is 0 Å². The molecule has 0 atom stereocenters. The Kier molecular flexibility index (Phi) is 4.80. The van der Waals surface area contributed by atoms with Gasteiger partial charge in [0, 0.05) is 11.6 Å². The van der Waals surface area contributed by atoms with Gasteiger partial charge in [0.25, 0.3) is 0 Å². The van der Waals surface area contributed by atoms with Gasteiger partial charge < -0.3 is 9.47 Å². The molecule has 2 aromatic rings. The Labute approximate surface area is 129 Å². The van der Waals surface area contributed by atoms with E-state index >= 15 is 0 Å². The van der Waals surface area contributed by atoms with Crippen molar-refractivity contribution in [1.29, 1.82) is 10.5 Å². The second-order valence-electron chi connectivity index (χ2n) is 4.42. The van der Waals surface area contributed by atoms with Crippen molar-refractivity contribution in [1.82, 2.24) is 0 Å². The van der Waals surface area contributed by atoms with Crippen LogP contribution in [0.25, 0.3) is 12.2 Å². The Morgan fingerprint density at radius 3 is 2.23 bits per heavy atom. The van der Waals surface area contributed by atoms with Crippen LogP contribution < -0.4 is 9.47 Å². The molecule has 0 saturated heterocycles. The highest BCUT2D eigenvalue weighted by molar-refractivity contribution is 5.79. The molecule has 0 aliphatic rings. The monoisotopic (exact) mass is 290 g/mol. The van der Waals surface area contributed by atoms with Gasteiger partial charge in [-0.1, -0.05) is 36.4 Å². The molecule has 4 nitrogen and oxygen atoms in total. The Morgan fingerprint density at radius 2 is 1.68 bits per heavy atom. The minimum Gasteiger partial charge on any atom is -0.493 e. The standard InChI is InChI=1S/C18H14N2O2/c1-21-17-10-14(11-19)16(12-20)15(18(17)22-2)9-8-13-6-4-3-5-7-13/h3-10H,1-2H3. The predicted molar refractivity (Wildman–Crippen MR) is 84.3 cm³/mol. The molecule has 0 bridgehead atoms. The lowest BCUT2D eigenvalue weighted by molar-refractivity contribution is 0.354. The van der Waals surface area contributed by atoms with Crippen LogP contribution in [0.5, 0.6) is 11.5 Å². The van der Waals surface area contributed by atoms with Crippen LogP contribution in [0.2, 0.25) is 0 Å². The minimum absolute atomic E-state index is 0.257. The van der Waals surface area contributed by atoms with Crippen molar-refractivity contribution in [2.24, 2.45) is 0 Å². The molecule has 0 spiro atoms. The second kappa shape index (κ2) is 6.97. The van der Waals surface area contributed by atoms with E-state index in [0.29, 0.717) is 17.1 Å². The molecule has 4 heteroatoms. The lowest BCUT2D eigenvalue weighted by Gasteiger charge is -2.13. The SMILES string of the molecule is COc1cc(C#N)c(C#N)c(C=Cc2ccccc2)c1OC. The van der Waals surface area contributed by atoms with Gasteiger partial charge in [-0.25, -0.2) is 0 Å². The average molecular weight is 290 g/mol. The quantitative estimate of drug-likeness (QED) is 0.807. The first kappa shape index (κ1) is 15.2. The fourth-order valence-corrected chi connectivity index (χ4v) is 2.13. The molecule has 22 heavy (non-hydrogen) atoms. The van der Waals surface area contributed by atoms with E-state index in [-0.39, 0.29) is 11.1 Å². The highest BCUT2D eigenvalue weighted by Gasteiger charge is 2.17. The van der Waals surface area contributed by atoms with Crippen molar-refractivity contribution in [3.8, 4) is 23.6 Å². The van der Waals surface area contributed by atoms with Crippen LogP contribution >= 0.6 is 0 Å². The Morgan fingerprint density at radius 1 is 0.955 bits per heavy atom. The van der Waals surface area contributed by atoms with Gasteiger partial charge in [0.1, 0.15) is 12.1 Å². The zero-order valence-electron chi connectivity index (χ0n) is 12.3. The van der Waals surface area contributed by atoms with Crippen LogP contribution in [-0.4, -0.2) is 14.2 Å². The summed E-state index contributed by atoms with van der Waals surface area (Å²) in [7, 11) is 3.00. The van der Waals surface area contributed by atoms with Crippen LogP contribution in [0.15, 0.2) is 36.4 Å². The highest BCUT2D eigenvalue weighted by Crippen LogP contribution is 2.36. The van der Waals surface area contributed by atoms with Crippen molar-refractivity contribution in [2.45, 2.75) is 0 Å². The van der Waals surface area contributed by atoms with Crippen LogP contribution in [0.4, 0.5) is 0 Å². The number of methoxy groups -OCH3 is 2. The minimum atomic E-state index is 0.257. The zero-order valence-corrected chi connectivity index (χ0v) is 12.3. The van der Waals surface area contributed by atoms with Gasteiger partial charge in [0.15, 0.2) is 11.5 Å². The normalized spacial score (nSPS) is 10.0. The van der Waals surface area contributed by atoms with Crippen molar-refractivity contribution in [3.05, 3.63) is 58.7 Å². The largest absolute Gasteiger partial charge is 0.493 e. The Balaban J connectivity index is 2.64. The van der Waals surface area contributed by atoms with Crippen LogP contribution in [-0.2, 0) is 0 Å². The smallest absolute Gasteiger partial charge is 0.169 e. The first-order chi connectivity index (χ1) is 10.7. The van der Waals surface area contributed by atoms with E-state index in [0.717, 1.165) is 5.56 Å². The summed E-state index contributed by atoms with van der Waals surface area (Å²) >= 11 is 0. The van der Waals surface area contributed by atoms with Crippen molar-refractivity contribution in [2.75, 3.05) is 14.2 Å². The van der Waals surface area contributed by atoms with Crippen LogP contribution in [0.1, 0.15) is 22.3 Å². The first-order valence-electron chi connectivity index (χ1n) is 6.57. The number of hydrogen-bond acceptors (Lipinski definition) is 4. The fraction of sp³-hybridized carbons (Fsp3) is 0.111. The van der Waals surface area contributed by atoms with Gasteiger partial charge in [-0.05, 0) is 11.6 Å². The molecular formula is C18H14N2O2. The molecule has 0 aliphatic carbocycles. The van der Waals surface area contributed by atoms with E-state index in [2.05, 4.69) is 6.07 Å². The molecule has 0 saturated carbocycles. The van der Waals surface area contributed by atoms with E-state index < -0.39 is 0 Å². The molecule has 0 aliphatic heterocycles. The van der Waals surface area contributed by atoms with E-state index in [1.54, 1.807) is 6.08 Å². The maximum absolute atomic E-state index is 9.38. The van der Waals surface area contributed by atoms with E-state index in [4.69, 9.17) is 9.47 Å². The van der Waals surface area contributed by atoms with Gasteiger partial charge in [-0.3, -0.25) is 0 Å². The average Bonchev–Trinajstić information content (AvgIpc) is 2.59. The molecule has 2 rings (SSSR count). The van der Waals surface area contributed by atoms with Crippen LogP contribution in [0, 0.1) is 22.7 Å². The summed E-state index contributed by atoms with van der Waals surface area (Å²) < 4.78 is 10.6. The number of nitrogens with zero attached hydrogens (tertiary/aromatic N) is 2. The molecule has 0 fully saturated rings. The third-order valence-electron chi connectivity index (χ3n) is 3.18. The maximum atomic E-state index is 9.38. The van der Waals surface area contributed by atoms with Gasteiger partial charge in [-0.2, -0.15) is 10.5 Å². The first-order valence-corrected chi connectivity index (χ1v) is 6.57. The molecule has 0 aromatic heterocycles. The number of nitriles is 2. The van der Waals surface area contributed by atoms with Gasteiger partial charge in [0.05, 0.1) is 25.3 Å². The van der Waals surface area contributed by atoms with Crippen molar-refractivity contribution < 1.29 is 9.47 Å². The summed E-state index contributed by atoms with van der Waals surface area (Å²) in [6.45, 7) is 0. The Bertz CT molecular complexity index is 781. The fourth-order valence-electron chi connectivity index (χ4n) is 2.13. The summed E-state index contributed by atoms with van der Waals surface area (Å²) in [5.74, 6) is 0.857. The van der Waals surface area contributed by atoms with E-state index in [9.17, 15) is 10.5 Å². The third kappa shape index (κ3) is 2.92. The van der Waals surface area contributed by atoms with E-state index in [1.807, 2.05) is 42.5 Å². The Hall–Kier alpha value is -3.24. The molecule has 2 aromatic carbocycles. The number of hydrogen-bond donors (Lipinski definition) is 0. The summed E-state index contributed by atoms with van der Waals surface area (Å²) in [6.07, 6.45) is 3.62. The molecule has 0 N–H and O–H groups in total. The molecule has 0 amide bonds. The number of rotatable bonds is 4.